The fourth-order valence-electron chi connectivity index (χ4n) is 1.58. The Morgan fingerprint density at radius 2 is 1.21 bits per heavy atom. The van der Waals surface area contributed by atoms with Gasteiger partial charge in [0.25, 0.3) is 0 Å². The molecular formula is C12H8SSi. The number of rotatable bonds is 0. The zero-order chi connectivity index (χ0) is 9.38. The van der Waals surface area contributed by atoms with Gasteiger partial charge >= 0.3 is 0 Å². The second-order valence-corrected chi connectivity index (χ2v) is 5.63. The van der Waals surface area contributed by atoms with Gasteiger partial charge in [0.05, 0.1) is 0 Å². The molecule has 0 unspecified atom stereocenters. The summed E-state index contributed by atoms with van der Waals surface area (Å²) < 4.78 is 0. The number of fused-ring (bicyclic) bond motifs is 2. The maximum atomic E-state index is 2.23. The molecule has 14 heavy (non-hydrogen) atoms. The van der Waals surface area contributed by atoms with Gasteiger partial charge in [-0.25, -0.2) is 0 Å². The molecule has 0 bridgehead atoms. The van der Waals surface area contributed by atoms with Crippen LogP contribution in [0.3, 0.4) is 0 Å². The van der Waals surface area contributed by atoms with Gasteiger partial charge in [0, 0.05) is 9.79 Å². The Morgan fingerprint density at radius 1 is 0.714 bits per heavy atom. The lowest BCUT2D eigenvalue weighted by atomic mass is 10.3. The maximum absolute atomic E-state index is 2.23. The van der Waals surface area contributed by atoms with Crippen LogP contribution in [0.4, 0.5) is 0 Å². The lowest BCUT2D eigenvalue weighted by Crippen LogP contribution is -2.33. The van der Waals surface area contributed by atoms with Crippen LogP contribution in [0.25, 0.3) is 0 Å². The van der Waals surface area contributed by atoms with Gasteiger partial charge in [-0.15, -0.1) is 0 Å². The molecule has 3 rings (SSSR count). The molecule has 1 heterocycles. The standard InChI is InChI=1S/C12H8SSi/c1-3-7-11-9(5-1)13-10-6-2-4-8-12(10)14-11/h1-8H. The minimum absolute atomic E-state index is 0.823. The lowest BCUT2D eigenvalue weighted by Gasteiger charge is -2.17. The van der Waals surface area contributed by atoms with E-state index in [4.69, 9.17) is 0 Å². The van der Waals surface area contributed by atoms with Crippen molar-refractivity contribution in [2.24, 2.45) is 0 Å². The summed E-state index contributed by atoms with van der Waals surface area (Å²) in [4.78, 5) is 2.84. The third-order valence-electron chi connectivity index (χ3n) is 2.26. The summed E-state index contributed by atoms with van der Waals surface area (Å²) in [7, 11) is 0.823. The summed E-state index contributed by atoms with van der Waals surface area (Å²) in [6.45, 7) is 0. The lowest BCUT2D eigenvalue weighted by molar-refractivity contribution is 1.44. The molecule has 0 nitrogen and oxygen atoms in total. The van der Waals surface area contributed by atoms with Gasteiger partial charge in [0.15, 0.2) is 0 Å². The second kappa shape index (κ2) is 3.30. The van der Waals surface area contributed by atoms with Gasteiger partial charge in [-0.3, -0.25) is 0 Å². The minimum atomic E-state index is 0.823. The Morgan fingerprint density at radius 3 is 1.79 bits per heavy atom. The molecule has 2 heteroatoms. The van der Waals surface area contributed by atoms with Crippen molar-refractivity contribution < 1.29 is 0 Å². The van der Waals surface area contributed by atoms with Crippen LogP contribution in [0.15, 0.2) is 58.3 Å². The topological polar surface area (TPSA) is 0 Å². The van der Waals surface area contributed by atoms with Crippen molar-refractivity contribution in [3.8, 4) is 0 Å². The first-order valence-electron chi connectivity index (χ1n) is 4.56. The third-order valence-corrected chi connectivity index (χ3v) is 5.19. The highest BCUT2D eigenvalue weighted by molar-refractivity contribution is 8.00. The van der Waals surface area contributed by atoms with Gasteiger partial charge in [-0.1, -0.05) is 48.2 Å². The highest BCUT2D eigenvalue weighted by Gasteiger charge is 2.14. The Bertz CT molecular complexity index is 392. The number of hydrogen-bond donors (Lipinski definition) is 0. The minimum Gasteiger partial charge on any atom is -0.0904 e. The molecule has 0 amide bonds. The van der Waals surface area contributed by atoms with E-state index in [1.165, 1.54) is 20.2 Å². The van der Waals surface area contributed by atoms with Gasteiger partial charge in [0.1, 0.15) is 9.52 Å². The Balaban J connectivity index is 2.12. The largest absolute Gasteiger partial charge is 0.124 e. The van der Waals surface area contributed by atoms with Gasteiger partial charge in [-0.2, -0.15) is 0 Å². The first kappa shape index (κ1) is 8.33. The SMILES string of the molecule is c1ccc2c(c1)[Si]c1ccccc1S2. The molecule has 0 saturated carbocycles. The number of hydrogen-bond acceptors (Lipinski definition) is 1. The predicted molar refractivity (Wildman–Crippen MR) is 62.0 cm³/mol. The van der Waals surface area contributed by atoms with Gasteiger partial charge < -0.3 is 0 Å². The fourth-order valence-corrected chi connectivity index (χ4v) is 4.14. The summed E-state index contributed by atoms with van der Waals surface area (Å²) in [5.41, 5.74) is 0. The van der Waals surface area contributed by atoms with Crippen molar-refractivity contribution in [3.63, 3.8) is 0 Å². The van der Waals surface area contributed by atoms with Crippen molar-refractivity contribution in [1.29, 1.82) is 0 Å². The first-order chi connectivity index (χ1) is 6.93. The van der Waals surface area contributed by atoms with Crippen LogP contribution in [0, 0.1) is 0 Å². The summed E-state index contributed by atoms with van der Waals surface area (Å²) >= 11 is 1.89. The molecular weight excluding hydrogens is 204 g/mol. The van der Waals surface area contributed by atoms with E-state index < -0.39 is 0 Å². The van der Waals surface area contributed by atoms with Crippen molar-refractivity contribution in [2.75, 3.05) is 0 Å². The number of benzene rings is 2. The van der Waals surface area contributed by atoms with Crippen molar-refractivity contribution >= 4 is 31.7 Å². The van der Waals surface area contributed by atoms with Crippen LogP contribution < -0.4 is 10.4 Å². The van der Waals surface area contributed by atoms with E-state index in [1.54, 1.807) is 0 Å². The van der Waals surface area contributed by atoms with Crippen LogP contribution in [-0.4, -0.2) is 9.52 Å². The Kier molecular flexibility index (Phi) is 1.96. The molecule has 1 aliphatic heterocycles. The van der Waals surface area contributed by atoms with E-state index in [1.807, 2.05) is 11.8 Å². The van der Waals surface area contributed by atoms with Crippen molar-refractivity contribution in [1.82, 2.24) is 0 Å². The summed E-state index contributed by atoms with van der Waals surface area (Å²) in [5.74, 6) is 0. The molecule has 0 aromatic heterocycles. The Labute approximate surface area is 90.2 Å². The first-order valence-corrected chi connectivity index (χ1v) is 6.38. The molecule has 1 aliphatic rings. The summed E-state index contributed by atoms with van der Waals surface area (Å²) in [6, 6.07) is 17.4. The second-order valence-electron chi connectivity index (χ2n) is 3.22. The third kappa shape index (κ3) is 1.31. The van der Waals surface area contributed by atoms with Crippen LogP contribution in [0.1, 0.15) is 0 Å². The molecule has 0 N–H and O–H groups in total. The average Bonchev–Trinajstić information content (AvgIpc) is 2.26. The van der Waals surface area contributed by atoms with E-state index >= 15 is 0 Å². The molecule has 0 saturated heterocycles. The zero-order valence-corrected chi connectivity index (χ0v) is 9.34. The van der Waals surface area contributed by atoms with E-state index in [2.05, 4.69) is 48.5 Å². The molecule has 2 aromatic rings. The fraction of sp³-hybridized carbons (Fsp3) is 0. The molecule has 66 valence electrons. The highest BCUT2D eigenvalue weighted by Crippen LogP contribution is 2.26. The molecule has 0 spiro atoms. The summed E-state index contributed by atoms with van der Waals surface area (Å²) in [5, 5.41) is 2.97. The smallest absolute Gasteiger partial charge is 0.0904 e. The van der Waals surface area contributed by atoms with Crippen molar-refractivity contribution in [2.45, 2.75) is 9.79 Å². The molecule has 0 fully saturated rings. The Hall–Kier alpha value is -0.993. The van der Waals surface area contributed by atoms with Gasteiger partial charge in [-0.05, 0) is 22.5 Å². The van der Waals surface area contributed by atoms with E-state index in [9.17, 15) is 0 Å². The van der Waals surface area contributed by atoms with Crippen LogP contribution in [0.5, 0.6) is 0 Å². The summed E-state index contributed by atoms with van der Waals surface area (Å²) in [6.07, 6.45) is 0. The molecule has 2 radical (unpaired) electrons. The van der Waals surface area contributed by atoms with E-state index in [-0.39, 0.29) is 0 Å². The predicted octanol–water partition coefficient (Wildman–Crippen LogP) is 1.81. The van der Waals surface area contributed by atoms with E-state index in [0.717, 1.165) is 9.52 Å². The molecule has 0 aliphatic carbocycles. The van der Waals surface area contributed by atoms with Gasteiger partial charge in [0.2, 0.25) is 0 Å². The average molecular weight is 212 g/mol. The molecule has 2 aromatic carbocycles. The van der Waals surface area contributed by atoms with Crippen LogP contribution in [-0.2, 0) is 0 Å². The maximum Gasteiger partial charge on any atom is 0.124 e. The normalized spacial score (nSPS) is 13.1. The van der Waals surface area contributed by atoms with Crippen molar-refractivity contribution in [3.05, 3.63) is 48.5 Å². The van der Waals surface area contributed by atoms with E-state index in [0.29, 0.717) is 0 Å². The van der Waals surface area contributed by atoms with Crippen LogP contribution >= 0.6 is 11.8 Å². The highest BCUT2D eigenvalue weighted by atomic mass is 32.2. The van der Waals surface area contributed by atoms with Crippen LogP contribution in [0.2, 0.25) is 0 Å². The molecule has 0 atom stereocenters. The zero-order valence-electron chi connectivity index (χ0n) is 7.53. The quantitative estimate of drug-likeness (QED) is 0.512. The monoisotopic (exact) mass is 212 g/mol.